The minimum atomic E-state index is -1.49. The lowest BCUT2D eigenvalue weighted by molar-refractivity contribution is 0.390. The number of hydrogen-bond donors (Lipinski definition) is 0. The van der Waals surface area contributed by atoms with Crippen molar-refractivity contribution in [3.8, 4) is 0 Å². The van der Waals surface area contributed by atoms with Crippen LogP contribution < -0.4 is 0 Å². The van der Waals surface area contributed by atoms with E-state index in [0.717, 1.165) is 12.8 Å². The van der Waals surface area contributed by atoms with Crippen molar-refractivity contribution in [3.63, 3.8) is 0 Å². The van der Waals surface area contributed by atoms with Crippen molar-refractivity contribution in [2.75, 3.05) is 0 Å². The molecule has 0 atom stereocenters. The Bertz CT molecular complexity index is 261. The van der Waals surface area contributed by atoms with E-state index < -0.39 is 8.32 Å². The zero-order valence-electron chi connectivity index (χ0n) is 10.1. The fourth-order valence-corrected chi connectivity index (χ4v) is 2.41. The lowest BCUT2D eigenvalue weighted by atomic mass is 10.1. The van der Waals surface area contributed by atoms with Gasteiger partial charge < -0.3 is 4.43 Å². The van der Waals surface area contributed by atoms with Crippen LogP contribution in [0.25, 0.3) is 0 Å². The van der Waals surface area contributed by atoms with Gasteiger partial charge >= 0.3 is 0 Å². The highest BCUT2D eigenvalue weighted by Crippen LogP contribution is 2.28. The highest BCUT2D eigenvalue weighted by Gasteiger charge is 2.29. The normalized spacial score (nSPS) is 17.9. The predicted octanol–water partition coefficient (Wildman–Crippen LogP) is 4.24. The topological polar surface area (TPSA) is 9.23 Å². The van der Waals surface area contributed by atoms with E-state index in [-0.39, 0.29) is 0 Å². The van der Waals surface area contributed by atoms with Crippen LogP contribution in [0.5, 0.6) is 0 Å². The Morgan fingerprint density at radius 1 is 1.29 bits per heavy atom. The molecular weight excluding hydrogens is 188 g/mol. The molecule has 2 heteroatoms. The van der Waals surface area contributed by atoms with Crippen molar-refractivity contribution in [3.05, 3.63) is 23.5 Å². The predicted molar refractivity (Wildman–Crippen MR) is 64.7 cm³/mol. The summed E-state index contributed by atoms with van der Waals surface area (Å²) < 4.78 is 6.17. The molecule has 0 fully saturated rings. The molecule has 0 aromatic carbocycles. The maximum absolute atomic E-state index is 6.17. The van der Waals surface area contributed by atoms with Crippen molar-refractivity contribution in [1.29, 1.82) is 0 Å². The van der Waals surface area contributed by atoms with E-state index in [1.54, 1.807) is 0 Å². The quantitative estimate of drug-likeness (QED) is 0.500. The van der Waals surface area contributed by atoms with Gasteiger partial charge in [-0.2, -0.15) is 0 Å². The van der Waals surface area contributed by atoms with Gasteiger partial charge in [0.15, 0.2) is 0 Å². The van der Waals surface area contributed by atoms with Crippen LogP contribution >= 0.6 is 0 Å². The molecule has 1 nitrogen and oxygen atoms in total. The van der Waals surface area contributed by atoms with E-state index in [4.69, 9.17) is 4.43 Å². The molecule has 0 heterocycles. The molecule has 0 unspecified atom stereocenters. The largest absolute Gasteiger partial charge is 0.547 e. The van der Waals surface area contributed by atoms with Gasteiger partial charge in [0.25, 0.3) is 0 Å². The van der Waals surface area contributed by atoms with Crippen LogP contribution in [0.4, 0.5) is 0 Å². The number of rotatable bonds is 3. The molecule has 0 aliphatic heterocycles. The van der Waals surface area contributed by atoms with E-state index in [0.29, 0.717) is 5.54 Å². The van der Waals surface area contributed by atoms with Gasteiger partial charge in [-0.15, -0.1) is 0 Å². The first-order valence-corrected chi connectivity index (χ1v) is 8.44. The van der Waals surface area contributed by atoms with E-state index in [1.807, 2.05) is 0 Å². The summed E-state index contributed by atoms with van der Waals surface area (Å²) in [7, 11) is -1.49. The average Bonchev–Trinajstić information content (AvgIpc) is 2.02. The molecule has 1 aliphatic rings. The van der Waals surface area contributed by atoms with Gasteiger partial charge in [0.2, 0.25) is 8.32 Å². The zero-order chi connectivity index (χ0) is 10.8. The highest BCUT2D eigenvalue weighted by molar-refractivity contribution is 6.72. The van der Waals surface area contributed by atoms with E-state index in [9.17, 15) is 0 Å². The summed E-state index contributed by atoms with van der Waals surface area (Å²) in [6.07, 6.45) is 6.56. The molecule has 0 spiro atoms. The van der Waals surface area contributed by atoms with Gasteiger partial charge in [-0.1, -0.05) is 25.5 Å². The molecular formula is C12H22OSi. The summed E-state index contributed by atoms with van der Waals surface area (Å²) in [6.45, 7) is 11.3. The smallest absolute Gasteiger partial charge is 0.247 e. The van der Waals surface area contributed by atoms with Crippen molar-refractivity contribution in [1.82, 2.24) is 0 Å². The van der Waals surface area contributed by atoms with Gasteiger partial charge in [-0.3, -0.25) is 0 Å². The Labute approximate surface area is 89.0 Å². The van der Waals surface area contributed by atoms with Crippen molar-refractivity contribution >= 4 is 8.32 Å². The number of hydrogen-bond acceptors (Lipinski definition) is 1. The Balaban J connectivity index is 2.57. The maximum atomic E-state index is 6.17. The molecule has 1 aliphatic carbocycles. The second-order valence-electron chi connectivity index (χ2n) is 4.99. The first-order chi connectivity index (χ1) is 6.42. The maximum Gasteiger partial charge on any atom is 0.247 e. The van der Waals surface area contributed by atoms with Crippen LogP contribution in [0, 0.1) is 0 Å². The molecule has 0 saturated heterocycles. The minimum absolute atomic E-state index is 0.676. The molecule has 0 N–H and O–H groups in total. The standard InChI is InChI=1S/C12H22OSi/c1-10(2)14(4,5)13-12-8-6-7-11(3)9-12/h7-8,10H,6,9H2,1-5H3. The third-order valence-electron chi connectivity index (χ3n) is 3.05. The monoisotopic (exact) mass is 210 g/mol. The van der Waals surface area contributed by atoms with Crippen molar-refractivity contribution in [2.24, 2.45) is 0 Å². The molecule has 0 radical (unpaired) electrons. The van der Waals surface area contributed by atoms with E-state index >= 15 is 0 Å². The van der Waals surface area contributed by atoms with Crippen LogP contribution in [0.3, 0.4) is 0 Å². The second-order valence-corrected chi connectivity index (χ2v) is 9.56. The Morgan fingerprint density at radius 3 is 2.43 bits per heavy atom. The van der Waals surface area contributed by atoms with E-state index in [1.165, 1.54) is 11.3 Å². The average molecular weight is 210 g/mol. The highest BCUT2D eigenvalue weighted by atomic mass is 28.4. The summed E-state index contributed by atoms with van der Waals surface area (Å²) in [4.78, 5) is 0. The van der Waals surface area contributed by atoms with Gasteiger partial charge in [-0.05, 0) is 38.1 Å². The summed E-state index contributed by atoms with van der Waals surface area (Å²) in [6, 6.07) is 0. The van der Waals surface area contributed by atoms with E-state index in [2.05, 4.69) is 46.0 Å². The Kier molecular flexibility index (Phi) is 3.59. The second kappa shape index (κ2) is 4.35. The summed E-state index contributed by atoms with van der Waals surface area (Å²) in [5, 5.41) is 0. The lowest BCUT2D eigenvalue weighted by Crippen LogP contribution is -2.33. The molecule has 0 amide bonds. The lowest BCUT2D eigenvalue weighted by Gasteiger charge is -2.30. The molecule has 0 saturated carbocycles. The Hall–Kier alpha value is -0.503. The molecule has 1 rings (SSSR count). The Morgan fingerprint density at radius 2 is 1.93 bits per heavy atom. The summed E-state index contributed by atoms with van der Waals surface area (Å²) in [5.74, 6) is 1.20. The first-order valence-electron chi connectivity index (χ1n) is 5.45. The van der Waals surface area contributed by atoms with Crippen molar-refractivity contribution < 1.29 is 4.43 Å². The van der Waals surface area contributed by atoms with Crippen LogP contribution in [0.15, 0.2) is 23.5 Å². The van der Waals surface area contributed by atoms with Gasteiger partial charge in [0.05, 0.1) is 5.76 Å². The summed E-state index contributed by atoms with van der Waals surface area (Å²) >= 11 is 0. The third kappa shape index (κ3) is 3.02. The van der Waals surface area contributed by atoms with Crippen LogP contribution in [0.1, 0.15) is 33.6 Å². The molecule has 14 heavy (non-hydrogen) atoms. The third-order valence-corrected chi connectivity index (χ3v) is 6.62. The molecule has 80 valence electrons. The van der Waals surface area contributed by atoms with Gasteiger partial charge in [-0.25, -0.2) is 0 Å². The van der Waals surface area contributed by atoms with Crippen molar-refractivity contribution in [2.45, 2.75) is 52.2 Å². The molecule has 0 aromatic heterocycles. The minimum Gasteiger partial charge on any atom is -0.547 e. The van der Waals surface area contributed by atoms with Gasteiger partial charge in [0.1, 0.15) is 0 Å². The molecule has 0 aromatic rings. The van der Waals surface area contributed by atoms with Crippen LogP contribution in [-0.4, -0.2) is 8.32 Å². The van der Waals surface area contributed by atoms with Gasteiger partial charge in [0, 0.05) is 6.42 Å². The zero-order valence-corrected chi connectivity index (χ0v) is 11.1. The van der Waals surface area contributed by atoms with Crippen LogP contribution in [0.2, 0.25) is 18.6 Å². The number of allylic oxidation sites excluding steroid dienone is 3. The fraction of sp³-hybridized carbons (Fsp3) is 0.667. The SMILES string of the molecule is CC1=CCC=C(O[Si](C)(C)C(C)C)C1. The molecule has 0 bridgehead atoms. The van der Waals surface area contributed by atoms with Crippen LogP contribution in [-0.2, 0) is 4.43 Å². The first kappa shape index (κ1) is 11.6. The fourth-order valence-electron chi connectivity index (χ4n) is 1.34. The summed E-state index contributed by atoms with van der Waals surface area (Å²) in [5.41, 5.74) is 2.12.